The zero-order valence-corrected chi connectivity index (χ0v) is 17.5. The third-order valence-electron chi connectivity index (χ3n) is 5.45. The highest BCUT2D eigenvalue weighted by atomic mass is 16.6. The first kappa shape index (κ1) is 20.6. The van der Waals surface area contributed by atoms with Gasteiger partial charge in [0.05, 0.1) is 6.04 Å². The molecule has 0 bridgehead atoms. The summed E-state index contributed by atoms with van der Waals surface area (Å²) >= 11 is 0. The Labute approximate surface area is 167 Å². The molecule has 2 fully saturated rings. The average molecular weight is 392 g/mol. The van der Waals surface area contributed by atoms with Crippen molar-refractivity contribution in [1.29, 1.82) is 0 Å². The van der Waals surface area contributed by atoms with Crippen LogP contribution >= 0.6 is 0 Å². The van der Waals surface area contributed by atoms with Crippen molar-refractivity contribution in [3.05, 3.63) is 18.0 Å². The first-order valence-electron chi connectivity index (χ1n) is 10.2. The molecule has 1 aromatic rings. The number of carbonyl (C=O) groups excluding carboxylic acids is 2. The van der Waals surface area contributed by atoms with E-state index in [4.69, 9.17) is 4.74 Å². The van der Waals surface area contributed by atoms with Crippen LogP contribution in [0.25, 0.3) is 0 Å². The standard InChI is InChI=1S/C20H33N5O3/c1-19(2,3)28-18(27)22-13-20(8-9-20)14-24-10-5-6-15(12-24)25-11-7-16(23-25)17(26)21-4/h7,11,15H,5-6,8-10,12-14H2,1-4H3,(H,21,26)(H,22,27). The zero-order chi connectivity index (χ0) is 20.4. The van der Waals surface area contributed by atoms with Crippen molar-refractivity contribution in [2.24, 2.45) is 5.41 Å². The minimum Gasteiger partial charge on any atom is -0.444 e. The summed E-state index contributed by atoms with van der Waals surface area (Å²) in [5, 5.41) is 10.0. The molecule has 0 spiro atoms. The van der Waals surface area contributed by atoms with Crippen LogP contribution in [-0.2, 0) is 4.74 Å². The lowest BCUT2D eigenvalue weighted by atomic mass is 10.0. The first-order valence-corrected chi connectivity index (χ1v) is 10.2. The van der Waals surface area contributed by atoms with E-state index >= 15 is 0 Å². The molecule has 1 saturated carbocycles. The number of alkyl carbamates (subject to hydrolysis) is 1. The lowest BCUT2D eigenvalue weighted by molar-refractivity contribution is 0.0506. The predicted octanol–water partition coefficient (Wildman–Crippen LogP) is 2.18. The maximum atomic E-state index is 12.0. The molecule has 2 aliphatic rings. The fraction of sp³-hybridized carbons (Fsp3) is 0.750. The van der Waals surface area contributed by atoms with Crippen molar-refractivity contribution < 1.29 is 14.3 Å². The number of piperidine rings is 1. The number of aromatic nitrogens is 2. The van der Waals surface area contributed by atoms with E-state index < -0.39 is 5.60 Å². The molecule has 1 aliphatic heterocycles. The van der Waals surface area contributed by atoms with Gasteiger partial charge in [0.15, 0.2) is 0 Å². The van der Waals surface area contributed by atoms with Gasteiger partial charge >= 0.3 is 6.09 Å². The van der Waals surface area contributed by atoms with Crippen molar-refractivity contribution in [3.8, 4) is 0 Å². The highest BCUT2D eigenvalue weighted by Crippen LogP contribution is 2.46. The maximum absolute atomic E-state index is 12.0. The molecule has 156 valence electrons. The smallest absolute Gasteiger partial charge is 0.407 e. The number of amides is 2. The number of hydrogen-bond acceptors (Lipinski definition) is 5. The van der Waals surface area contributed by atoms with E-state index in [1.165, 1.54) is 0 Å². The van der Waals surface area contributed by atoms with Crippen LogP contribution in [-0.4, -0.2) is 65.5 Å². The topological polar surface area (TPSA) is 88.5 Å². The zero-order valence-electron chi connectivity index (χ0n) is 17.5. The Bertz CT molecular complexity index is 705. The second kappa shape index (κ2) is 8.11. The molecular formula is C20H33N5O3. The Morgan fingerprint density at radius 1 is 1.36 bits per heavy atom. The summed E-state index contributed by atoms with van der Waals surface area (Å²) in [5.74, 6) is -0.156. The van der Waals surface area contributed by atoms with Crippen molar-refractivity contribution in [2.75, 3.05) is 33.2 Å². The summed E-state index contributed by atoms with van der Waals surface area (Å²) in [4.78, 5) is 26.2. The third-order valence-corrected chi connectivity index (χ3v) is 5.45. The van der Waals surface area contributed by atoms with Gasteiger partial charge in [0.2, 0.25) is 0 Å². The van der Waals surface area contributed by atoms with Crippen LogP contribution < -0.4 is 10.6 Å². The van der Waals surface area contributed by atoms with Gasteiger partial charge in [0.1, 0.15) is 11.3 Å². The summed E-state index contributed by atoms with van der Waals surface area (Å²) in [6.45, 7) is 9.24. The molecule has 8 nitrogen and oxygen atoms in total. The minimum absolute atomic E-state index is 0.156. The highest BCUT2D eigenvalue weighted by molar-refractivity contribution is 5.91. The molecule has 1 atom stereocenters. The van der Waals surface area contributed by atoms with Crippen LogP contribution in [0.4, 0.5) is 4.79 Å². The molecule has 0 radical (unpaired) electrons. The Hall–Kier alpha value is -2.09. The summed E-state index contributed by atoms with van der Waals surface area (Å²) in [5.41, 5.74) is 0.147. The fourth-order valence-electron chi connectivity index (χ4n) is 3.80. The van der Waals surface area contributed by atoms with Crippen LogP contribution in [0.15, 0.2) is 12.3 Å². The highest BCUT2D eigenvalue weighted by Gasteiger charge is 2.44. The molecule has 28 heavy (non-hydrogen) atoms. The van der Waals surface area contributed by atoms with Crippen molar-refractivity contribution >= 4 is 12.0 Å². The van der Waals surface area contributed by atoms with E-state index in [-0.39, 0.29) is 23.5 Å². The van der Waals surface area contributed by atoms with Gasteiger partial charge in [-0.25, -0.2) is 4.79 Å². The van der Waals surface area contributed by atoms with Gasteiger partial charge < -0.3 is 20.3 Å². The average Bonchev–Trinajstić information content (AvgIpc) is 3.21. The Morgan fingerprint density at radius 3 is 2.75 bits per heavy atom. The second-order valence-electron chi connectivity index (χ2n) is 9.15. The molecule has 2 amide bonds. The normalized spacial score (nSPS) is 21.8. The van der Waals surface area contributed by atoms with Gasteiger partial charge in [-0.1, -0.05) is 0 Å². The van der Waals surface area contributed by atoms with E-state index in [0.29, 0.717) is 12.2 Å². The molecule has 1 unspecified atom stereocenters. The van der Waals surface area contributed by atoms with Gasteiger partial charge in [-0.2, -0.15) is 5.10 Å². The SMILES string of the molecule is CNC(=O)c1ccn(C2CCCN(CC3(CNC(=O)OC(C)(C)C)CC3)C2)n1. The molecule has 1 saturated heterocycles. The Balaban J connectivity index is 1.51. The third kappa shape index (κ3) is 5.47. The lowest BCUT2D eigenvalue weighted by Gasteiger charge is -2.35. The van der Waals surface area contributed by atoms with E-state index in [1.807, 2.05) is 31.6 Å². The predicted molar refractivity (Wildman–Crippen MR) is 106 cm³/mol. The minimum atomic E-state index is -0.474. The number of carbonyl (C=O) groups is 2. The molecular weight excluding hydrogens is 358 g/mol. The molecule has 0 aromatic carbocycles. The van der Waals surface area contributed by atoms with Crippen LogP contribution in [0.3, 0.4) is 0 Å². The Kier molecular flexibility index (Phi) is 5.98. The van der Waals surface area contributed by atoms with E-state index in [2.05, 4.69) is 20.6 Å². The molecule has 2 N–H and O–H groups in total. The summed E-state index contributed by atoms with van der Waals surface area (Å²) in [6, 6.07) is 2.05. The first-order chi connectivity index (χ1) is 13.2. The van der Waals surface area contributed by atoms with E-state index in [0.717, 1.165) is 45.3 Å². The van der Waals surface area contributed by atoms with Gasteiger partial charge in [-0.05, 0) is 59.1 Å². The summed E-state index contributed by atoms with van der Waals surface area (Å²) < 4.78 is 7.27. The van der Waals surface area contributed by atoms with Crippen molar-refractivity contribution in [1.82, 2.24) is 25.3 Å². The van der Waals surface area contributed by atoms with E-state index in [9.17, 15) is 9.59 Å². The fourth-order valence-corrected chi connectivity index (χ4v) is 3.80. The van der Waals surface area contributed by atoms with Gasteiger partial charge in [0, 0.05) is 38.3 Å². The van der Waals surface area contributed by atoms with Crippen molar-refractivity contribution in [2.45, 2.75) is 58.1 Å². The van der Waals surface area contributed by atoms with Crippen LogP contribution in [0, 0.1) is 5.41 Å². The van der Waals surface area contributed by atoms with Crippen LogP contribution in [0.1, 0.15) is 63.0 Å². The molecule has 3 rings (SSSR count). The van der Waals surface area contributed by atoms with E-state index in [1.54, 1.807) is 13.1 Å². The monoisotopic (exact) mass is 391 g/mol. The van der Waals surface area contributed by atoms with Gasteiger partial charge in [-0.3, -0.25) is 9.48 Å². The largest absolute Gasteiger partial charge is 0.444 e. The van der Waals surface area contributed by atoms with Crippen LogP contribution in [0.5, 0.6) is 0 Å². The number of nitrogens with zero attached hydrogens (tertiary/aromatic N) is 3. The molecule has 1 aromatic heterocycles. The maximum Gasteiger partial charge on any atom is 0.407 e. The number of nitrogens with one attached hydrogen (secondary N) is 2. The summed E-state index contributed by atoms with van der Waals surface area (Å²) in [7, 11) is 1.62. The second-order valence-corrected chi connectivity index (χ2v) is 9.15. The number of likely N-dealkylation sites (tertiary alicyclic amines) is 1. The number of ether oxygens (including phenoxy) is 1. The number of hydrogen-bond donors (Lipinski definition) is 2. The lowest BCUT2D eigenvalue weighted by Crippen LogP contribution is -2.43. The molecule has 1 aliphatic carbocycles. The quantitative estimate of drug-likeness (QED) is 0.776. The van der Waals surface area contributed by atoms with Gasteiger partial charge in [-0.15, -0.1) is 0 Å². The molecule has 8 heteroatoms. The number of rotatable bonds is 6. The summed E-state index contributed by atoms with van der Waals surface area (Å²) in [6.07, 6.45) is 5.99. The molecule has 2 heterocycles. The Morgan fingerprint density at radius 2 is 2.11 bits per heavy atom. The van der Waals surface area contributed by atoms with Crippen molar-refractivity contribution in [3.63, 3.8) is 0 Å². The van der Waals surface area contributed by atoms with Crippen LogP contribution in [0.2, 0.25) is 0 Å². The van der Waals surface area contributed by atoms with Gasteiger partial charge in [0.25, 0.3) is 5.91 Å².